The Morgan fingerprint density at radius 3 is 2.18 bits per heavy atom. The molecule has 0 aliphatic carbocycles. The van der Waals surface area contributed by atoms with E-state index < -0.39 is 29.9 Å². The lowest BCUT2D eigenvalue weighted by Gasteiger charge is -2.11. The van der Waals surface area contributed by atoms with Crippen molar-refractivity contribution >= 4 is 11.8 Å². The van der Waals surface area contributed by atoms with Crippen LogP contribution in [0, 0.1) is 0 Å². The van der Waals surface area contributed by atoms with Crippen molar-refractivity contribution in [3.8, 4) is 0 Å². The lowest BCUT2D eigenvalue weighted by Crippen LogP contribution is -2.23. The summed E-state index contributed by atoms with van der Waals surface area (Å²) in [7, 11) is 2.97. The fourth-order valence-electron chi connectivity index (χ4n) is 0.983. The predicted octanol–water partition coefficient (Wildman–Crippen LogP) is 1.52. The first kappa shape index (κ1) is 15.5. The maximum Gasteiger partial charge on any atom is 0.396 e. The topological polar surface area (TPSA) is 46.6 Å². The molecular formula is C10H14F3NO3. The average Bonchev–Trinajstić information content (AvgIpc) is 2.11. The largest absolute Gasteiger partial charge is 0.462 e. The Kier molecular flexibility index (Phi) is 5.70. The molecule has 0 aromatic rings. The van der Waals surface area contributed by atoms with Crippen LogP contribution in [0.4, 0.5) is 13.2 Å². The number of ketones is 1. The summed E-state index contributed by atoms with van der Waals surface area (Å²) in [5, 5.41) is 0. The highest BCUT2D eigenvalue weighted by Crippen LogP contribution is 2.22. The van der Waals surface area contributed by atoms with Crippen LogP contribution in [0.2, 0.25) is 0 Å². The van der Waals surface area contributed by atoms with Gasteiger partial charge in [-0.15, -0.1) is 0 Å². The van der Waals surface area contributed by atoms with Crippen molar-refractivity contribution in [3.05, 3.63) is 11.8 Å². The van der Waals surface area contributed by atoms with Gasteiger partial charge >= 0.3 is 12.1 Å². The van der Waals surface area contributed by atoms with Crippen LogP contribution in [-0.4, -0.2) is 43.5 Å². The van der Waals surface area contributed by atoms with E-state index >= 15 is 0 Å². The van der Waals surface area contributed by atoms with E-state index in [0.29, 0.717) is 0 Å². The molecule has 4 nitrogen and oxygen atoms in total. The number of rotatable bonds is 5. The molecule has 0 heterocycles. The van der Waals surface area contributed by atoms with Crippen LogP contribution in [-0.2, 0) is 14.3 Å². The van der Waals surface area contributed by atoms with E-state index in [0.717, 1.165) is 6.20 Å². The first-order valence-corrected chi connectivity index (χ1v) is 4.82. The van der Waals surface area contributed by atoms with Gasteiger partial charge in [0, 0.05) is 20.3 Å². The molecule has 17 heavy (non-hydrogen) atoms. The first-order chi connectivity index (χ1) is 7.67. The number of hydrogen-bond acceptors (Lipinski definition) is 4. The van der Waals surface area contributed by atoms with Crippen molar-refractivity contribution in [2.45, 2.75) is 19.5 Å². The van der Waals surface area contributed by atoms with Crippen molar-refractivity contribution in [1.82, 2.24) is 4.90 Å². The van der Waals surface area contributed by atoms with Crippen LogP contribution < -0.4 is 0 Å². The van der Waals surface area contributed by atoms with Gasteiger partial charge in [-0.1, -0.05) is 0 Å². The molecule has 0 radical (unpaired) electrons. The highest BCUT2D eigenvalue weighted by Gasteiger charge is 2.34. The molecular weight excluding hydrogens is 239 g/mol. The molecule has 0 bridgehead atoms. The summed E-state index contributed by atoms with van der Waals surface area (Å²) in [5.41, 5.74) is -0.603. The molecule has 0 spiro atoms. The van der Waals surface area contributed by atoms with Gasteiger partial charge in [0.2, 0.25) is 0 Å². The van der Waals surface area contributed by atoms with Crippen molar-refractivity contribution in [2.75, 3.05) is 20.7 Å². The highest BCUT2D eigenvalue weighted by molar-refractivity contribution is 6.17. The summed E-state index contributed by atoms with van der Waals surface area (Å²) in [4.78, 5) is 23.9. The molecule has 7 heteroatoms. The molecule has 98 valence electrons. The van der Waals surface area contributed by atoms with Crippen LogP contribution in [0.1, 0.15) is 13.3 Å². The predicted molar refractivity (Wildman–Crippen MR) is 54.1 cm³/mol. The van der Waals surface area contributed by atoms with Crippen molar-refractivity contribution in [3.63, 3.8) is 0 Å². The molecule has 0 aliphatic rings. The number of Topliss-reactive ketones (excluding diaryl/α,β-unsaturated/α-hetero) is 1. The van der Waals surface area contributed by atoms with E-state index in [2.05, 4.69) is 4.74 Å². The second-order valence-corrected chi connectivity index (χ2v) is 3.44. The van der Waals surface area contributed by atoms with Crippen LogP contribution in [0.5, 0.6) is 0 Å². The van der Waals surface area contributed by atoms with Crippen LogP contribution >= 0.6 is 0 Å². The molecule has 0 amide bonds. The molecule has 0 saturated heterocycles. The second kappa shape index (κ2) is 6.27. The minimum Gasteiger partial charge on any atom is -0.462 e. The maximum absolute atomic E-state index is 12.0. The zero-order valence-electron chi connectivity index (χ0n) is 9.80. The number of hydrogen-bond donors (Lipinski definition) is 0. The summed E-state index contributed by atoms with van der Waals surface area (Å²) < 4.78 is 40.6. The van der Waals surface area contributed by atoms with Gasteiger partial charge in [0.05, 0.1) is 6.61 Å². The molecule has 0 aromatic carbocycles. The fourth-order valence-corrected chi connectivity index (χ4v) is 0.983. The molecule has 0 fully saturated rings. The average molecular weight is 253 g/mol. The van der Waals surface area contributed by atoms with Gasteiger partial charge in [0.1, 0.15) is 12.0 Å². The number of ether oxygens (including phenoxy) is 1. The summed E-state index contributed by atoms with van der Waals surface area (Å²) >= 11 is 0. The molecule has 0 saturated carbocycles. The summed E-state index contributed by atoms with van der Waals surface area (Å²) in [6.07, 6.45) is -5.30. The molecule has 0 N–H and O–H groups in total. The third-order valence-electron chi connectivity index (χ3n) is 1.54. The standard InChI is InChI=1S/C10H14F3NO3/c1-4-17-9(16)7(6-14(2)3)8(15)5-10(11,12)13/h6H,4-5H2,1-3H3. The van der Waals surface area contributed by atoms with Crippen molar-refractivity contribution < 1.29 is 27.5 Å². The Morgan fingerprint density at radius 2 is 1.82 bits per heavy atom. The minimum absolute atomic E-state index is 0.0110. The van der Waals surface area contributed by atoms with Gasteiger partial charge in [0.15, 0.2) is 5.78 Å². The Morgan fingerprint density at radius 1 is 1.29 bits per heavy atom. The van der Waals surface area contributed by atoms with Crippen molar-refractivity contribution in [1.29, 1.82) is 0 Å². The number of halogens is 3. The summed E-state index contributed by atoms with van der Waals surface area (Å²) in [6, 6.07) is 0. The third kappa shape index (κ3) is 6.60. The van der Waals surface area contributed by atoms with Crippen LogP contribution in [0.15, 0.2) is 11.8 Å². The Bertz CT molecular complexity index is 321. The molecule has 0 rings (SSSR count). The third-order valence-corrected chi connectivity index (χ3v) is 1.54. The zero-order chi connectivity index (χ0) is 13.6. The van der Waals surface area contributed by atoms with E-state index in [1.165, 1.54) is 25.9 Å². The van der Waals surface area contributed by atoms with Gasteiger partial charge in [-0.3, -0.25) is 4.79 Å². The highest BCUT2D eigenvalue weighted by atomic mass is 19.4. The van der Waals surface area contributed by atoms with E-state index in [1.807, 2.05) is 0 Å². The molecule has 0 atom stereocenters. The van der Waals surface area contributed by atoms with Crippen LogP contribution in [0.25, 0.3) is 0 Å². The smallest absolute Gasteiger partial charge is 0.396 e. The number of carbonyl (C=O) groups is 2. The first-order valence-electron chi connectivity index (χ1n) is 4.82. The summed E-state index contributed by atoms with van der Waals surface area (Å²) in [5.74, 6) is -2.35. The normalized spacial score (nSPS) is 12.2. The molecule has 0 unspecified atom stereocenters. The fraction of sp³-hybridized carbons (Fsp3) is 0.600. The quantitative estimate of drug-likeness (QED) is 0.322. The monoisotopic (exact) mass is 253 g/mol. The lowest BCUT2D eigenvalue weighted by atomic mass is 10.1. The van der Waals surface area contributed by atoms with Crippen LogP contribution in [0.3, 0.4) is 0 Å². The van der Waals surface area contributed by atoms with Gasteiger partial charge in [-0.2, -0.15) is 13.2 Å². The minimum atomic E-state index is -4.64. The van der Waals surface area contributed by atoms with Gasteiger partial charge in [-0.05, 0) is 6.92 Å². The number of nitrogens with zero attached hydrogens (tertiary/aromatic N) is 1. The Balaban J connectivity index is 4.94. The SMILES string of the molecule is CCOC(=O)C(=CN(C)C)C(=O)CC(F)(F)F. The number of alkyl halides is 3. The van der Waals surface area contributed by atoms with E-state index in [-0.39, 0.29) is 6.61 Å². The Hall–Kier alpha value is -1.53. The molecule has 0 aromatic heterocycles. The number of esters is 1. The van der Waals surface area contributed by atoms with E-state index in [1.54, 1.807) is 0 Å². The van der Waals surface area contributed by atoms with Gasteiger partial charge < -0.3 is 9.64 Å². The number of carbonyl (C=O) groups excluding carboxylic acids is 2. The molecule has 0 aliphatic heterocycles. The lowest BCUT2D eigenvalue weighted by molar-refractivity contribution is -0.151. The second-order valence-electron chi connectivity index (χ2n) is 3.44. The summed E-state index contributed by atoms with van der Waals surface area (Å²) in [6.45, 7) is 1.49. The van der Waals surface area contributed by atoms with E-state index in [9.17, 15) is 22.8 Å². The van der Waals surface area contributed by atoms with Crippen molar-refractivity contribution in [2.24, 2.45) is 0 Å². The zero-order valence-corrected chi connectivity index (χ0v) is 9.80. The Labute approximate surface area is 97.0 Å². The van der Waals surface area contributed by atoms with Gasteiger partial charge in [-0.25, -0.2) is 4.79 Å². The maximum atomic E-state index is 12.0. The van der Waals surface area contributed by atoms with E-state index in [4.69, 9.17) is 0 Å². The van der Waals surface area contributed by atoms with Gasteiger partial charge in [0.25, 0.3) is 0 Å².